The lowest BCUT2D eigenvalue weighted by Crippen LogP contribution is -2.54. The minimum absolute atomic E-state index is 0. The summed E-state index contributed by atoms with van der Waals surface area (Å²) in [4.78, 5) is 14.3. The van der Waals surface area contributed by atoms with Gasteiger partial charge in [0, 0.05) is 30.4 Å². The van der Waals surface area contributed by atoms with Crippen molar-refractivity contribution >= 4 is 18.3 Å². The molecule has 0 spiro atoms. The number of H-pyrrole nitrogens is 1. The monoisotopic (exact) mass is 286 g/mol. The average molecular weight is 287 g/mol. The SMILES string of the molecule is Cc1[nH]nc(C(=O)N2CCC(N)C(C)(C)C2)c1C.Cl. The number of carbonyl (C=O) groups is 1. The molecule has 1 aliphatic heterocycles. The summed E-state index contributed by atoms with van der Waals surface area (Å²) in [5.41, 5.74) is 8.48. The van der Waals surface area contributed by atoms with Gasteiger partial charge in [0.25, 0.3) is 5.91 Å². The summed E-state index contributed by atoms with van der Waals surface area (Å²) in [6, 6.07) is 0.156. The van der Waals surface area contributed by atoms with Crippen LogP contribution < -0.4 is 5.73 Å². The van der Waals surface area contributed by atoms with Crippen LogP contribution in [-0.4, -0.2) is 40.1 Å². The lowest BCUT2D eigenvalue weighted by atomic mass is 9.79. The molecule has 1 aliphatic rings. The smallest absolute Gasteiger partial charge is 0.274 e. The van der Waals surface area contributed by atoms with Crippen molar-refractivity contribution in [2.75, 3.05) is 13.1 Å². The normalized spacial score (nSPS) is 21.9. The molecule has 0 aromatic carbocycles. The van der Waals surface area contributed by atoms with E-state index in [2.05, 4.69) is 24.0 Å². The van der Waals surface area contributed by atoms with E-state index in [1.54, 1.807) is 0 Å². The third-order valence-electron chi connectivity index (χ3n) is 4.06. The van der Waals surface area contributed by atoms with Crippen molar-refractivity contribution in [2.24, 2.45) is 11.1 Å². The summed E-state index contributed by atoms with van der Waals surface area (Å²) in [6.07, 6.45) is 0.848. The largest absolute Gasteiger partial charge is 0.337 e. The van der Waals surface area contributed by atoms with Gasteiger partial charge in [-0.05, 0) is 25.7 Å². The van der Waals surface area contributed by atoms with Crippen LogP contribution in [0.15, 0.2) is 0 Å². The summed E-state index contributed by atoms with van der Waals surface area (Å²) in [7, 11) is 0. The molecule has 0 radical (unpaired) electrons. The number of amides is 1. The number of aromatic amines is 1. The molecule has 0 aliphatic carbocycles. The number of likely N-dealkylation sites (tertiary alicyclic amines) is 1. The number of hydrogen-bond donors (Lipinski definition) is 2. The van der Waals surface area contributed by atoms with Crippen molar-refractivity contribution in [3.8, 4) is 0 Å². The topological polar surface area (TPSA) is 75.0 Å². The number of aryl methyl sites for hydroxylation is 1. The van der Waals surface area contributed by atoms with Crippen molar-refractivity contribution < 1.29 is 4.79 Å². The molecule has 2 rings (SSSR count). The maximum Gasteiger partial charge on any atom is 0.274 e. The van der Waals surface area contributed by atoms with Crippen LogP contribution in [0.2, 0.25) is 0 Å². The van der Waals surface area contributed by atoms with Crippen molar-refractivity contribution in [2.45, 2.75) is 40.2 Å². The van der Waals surface area contributed by atoms with Gasteiger partial charge in [0.05, 0.1) is 0 Å². The Labute approximate surface area is 120 Å². The van der Waals surface area contributed by atoms with Crippen LogP contribution in [0, 0.1) is 19.3 Å². The molecule has 0 saturated carbocycles. The number of rotatable bonds is 1. The Balaban J connectivity index is 0.00000180. The van der Waals surface area contributed by atoms with Gasteiger partial charge in [-0.2, -0.15) is 5.10 Å². The standard InChI is InChI=1S/C13H22N4O.ClH/c1-8-9(2)15-16-11(8)12(18)17-6-5-10(14)13(3,4)7-17;/h10H,5-7,14H2,1-4H3,(H,15,16);1H. The van der Waals surface area contributed by atoms with Crippen LogP contribution in [0.5, 0.6) is 0 Å². The highest BCUT2D eigenvalue weighted by molar-refractivity contribution is 5.94. The zero-order valence-electron chi connectivity index (χ0n) is 12.0. The second-order valence-electron chi connectivity index (χ2n) is 5.93. The number of nitrogens with one attached hydrogen (secondary N) is 1. The average Bonchev–Trinajstić information content (AvgIpc) is 2.63. The fraction of sp³-hybridized carbons (Fsp3) is 0.692. The molecule has 1 amide bonds. The number of nitrogens with zero attached hydrogens (tertiary/aromatic N) is 2. The van der Waals surface area contributed by atoms with Crippen LogP contribution in [-0.2, 0) is 0 Å². The molecule has 1 aromatic rings. The lowest BCUT2D eigenvalue weighted by Gasteiger charge is -2.42. The van der Waals surface area contributed by atoms with Gasteiger partial charge in [-0.1, -0.05) is 13.8 Å². The first-order valence-corrected chi connectivity index (χ1v) is 6.39. The summed E-state index contributed by atoms with van der Waals surface area (Å²) in [5.74, 6) is 0.0109. The van der Waals surface area contributed by atoms with Crippen molar-refractivity contribution in [1.82, 2.24) is 15.1 Å². The highest BCUT2D eigenvalue weighted by Crippen LogP contribution is 2.28. The maximum absolute atomic E-state index is 12.4. The molecule has 1 saturated heterocycles. The molecular formula is C13H23ClN4O. The van der Waals surface area contributed by atoms with Crippen LogP contribution >= 0.6 is 12.4 Å². The fourth-order valence-electron chi connectivity index (χ4n) is 2.39. The van der Waals surface area contributed by atoms with E-state index in [1.165, 1.54) is 0 Å². The second kappa shape index (κ2) is 5.51. The van der Waals surface area contributed by atoms with E-state index in [9.17, 15) is 4.79 Å². The maximum atomic E-state index is 12.4. The molecule has 108 valence electrons. The van der Waals surface area contributed by atoms with Crippen molar-refractivity contribution in [3.05, 3.63) is 17.0 Å². The Morgan fingerprint density at radius 3 is 2.58 bits per heavy atom. The number of hydrogen-bond acceptors (Lipinski definition) is 3. The van der Waals surface area contributed by atoms with E-state index in [4.69, 9.17) is 5.73 Å². The van der Waals surface area contributed by atoms with Crippen LogP contribution in [0.3, 0.4) is 0 Å². The van der Waals surface area contributed by atoms with Gasteiger partial charge < -0.3 is 10.6 Å². The minimum atomic E-state index is -0.0346. The number of piperidine rings is 1. The lowest BCUT2D eigenvalue weighted by molar-refractivity contribution is 0.0526. The van der Waals surface area contributed by atoms with Crippen molar-refractivity contribution in [3.63, 3.8) is 0 Å². The Morgan fingerprint density at radius 1 is 1.47 bits per heavy atom. The summed E-state index contributed by atoms with van der Waals surface area (Å²) >= 11 is 0. The number of carbonyl (C=O) groups excluding carboxylic acids is 1. The third-order valence-corrected chi connectivity index (χ3v) is 4.06. The predicted octanol–water partition coefficient (Wildman–Crippen LogP) is 1.65. The number of aromatic nitrogens is 2. The molecule has 3 N–H and O–H groups in total. The molecule has 1 atom stereocenters. The Kier molecular flexibility index (Phi) is 4.63. The molecule has 5 nitrogen and oxygen atoms in total. The van der Waals surface area contributed by atoms with E-state index in [0.29, 0.717) is 12.2 Å². The Hall–Kier alpha value is -1.07. The molecule has 1 unspecified atom stereocenters. The third kappa shape index (κ3) is 2.92. The highest BCUT2D eigenvalue weighted by Gasteiger charge is 2.36. The van der Waals surface area contributed by atoms with E-state index >= 15 is 0 Å². The first-order chi connectivity index (χ1) is 8.33. The van der Waals surface area contributed by atoms with Gasteiger partial charge >= 0.3 is 0 Å². The first kappa shape index (κ1) is 16.0. The van der Waals surface area contributed by atoms with Crippen LogP contribution in [0.25, 0.3) is 0 Å². The Bertz CT molecular complexity index is 469. The minimum Gasteiger partial charge on any atom is -0.337 e. The fourth-order valence-corrected chi connectivity index (χ4v) is 2.39. The Morgan fingerprint density at radius 2 is 2.11 bits per heavy atom. The molecule has 19 heavy (non-hydrogen) atoms. The van der Waals surface area contributed by atoms with Crippen LogP contribution in [0.4, 0.5) is 0 Å². The van der Waals surface area contributed by atoms with Gasteiger partial charge in [-0.15, -0.1) is 12.4 Å². The molecular weight excluding hydrogens is 264 g/mol. The highest BCUT2D eigenvalue weighted by atomic mass is 35.5. The summed E-state index contributed by atoms with van der Waals surface area (Å²) in [5, 5.41) is 6.97. The van der Waals surface area contributed by atoms with Gasteiger partial charge in [0.15, 0.2) is 5.69 Å². The van der Waals surface area contributed by atoms with E-state index in [0.717, 1.165) is 24.2 Å². The summed E-state index contributed by atoms with van der Waals surface area (Å²) in [6.45, 7) is 9.48. The van der Waals surface area contributed by atoms with Crippen molar-refractivity contribution in [1.29, 1.82) is 0 Å². The molecule has 1 fully saturated rings. The van der Waals surface area contributed by atoms with Gasteiger partial charge in [-0.3, -0.25) is 9.89 Å². The zero-order chi connectivity index (χ0) is 13.5. The number of nitrogens with two attached hydrogens (primary N) is 1. The summed E-state index contributed by atoms with van der Waals surface area (Å²) < 4.78 is 0. The van der Waals surface area contributed by atoms with E-state index in [-0.39, 0.29) is 29.8 Å². The molecule has 0 bridgehead atoms. The molecule has 2 heterocycles. The molecule has 1 aromatic heterocycles. The van der Waals surface area contributed by atoms with Gasteiger partial charge in [-0.25, -0.2) is 0 Å². The number of halogens is 1. The van der Waals surface area contributed by atoms with Gasteiger partial charge in [0.2, 0.25) is 0 Å². The zero-order valence-corrected chi connectivity index (χ0v) is 12.8. The van der Waals surface area contributed by atoms with Gasteiger partial charge in [0.1, 0.15) is 0 Å². The molecule has 6 heteroatoms. The quantitative estimate of drug-likeness (QED) is 0.824. The van der Waals surface area contributed by atoms with E-state index in [1.807, 2.05) is 18.7 Å². The predicted molar refractivity (Wildman–Crippen MR) is 77.6 cm³/mol. The van der Waals surface area contributed by atoms with E-state index < -0.39 is 0 Å². The van der Waals surface area contributed by atoms with Crippen LogP contribution in [0.1, 0.15) is 42.0 Å². The second-order valence-corrected chi connectivity index (χ2v) is 5.93. The first-order valence-electron chi connectivity index (χ1n) is 6.39.